The summed E-state index contributed by atoms with van der Waals surface area (Å²) < 4.78 is 13.1. The smallest absolute Gasteiger partial charge is 0.282 e. The molecule has 0 saturated carbocycles. The van der Waals surface area contributed by atoms with Gasteiger partial charge in [0, 0.05) is 20.3 Å². The minimum absolute atomic E-state index is 0.268. The predicted octanol–water partition coefficient (Wildman–Crippen LogP) is 7.74. The summed E-state index contributed by atoms with van der Waals surface area (Å²) in [6.07, 6.45) is 1.48. The highest BCUT2D eigenvalue weighted by atomic mass is 35.5. The second-order valence-electron chi connectivity index (χ2n) is 7.82. The standard InChI is InChI=1S/C27H15Cl2N3O3S/c28-17-5-9-20(10-6-17)36-25-12-8-19(34-25)15-30-32-26(31-22-4-2-1-3-21(22)27(32)33)24-14-16-13-18(29)7-11-23(16)35-24/h1-15H. The number of nitrogens with zero attached hydrogens (tertiary/aromatic N) is 3. The Balaban J connectivity index is 1.40. The molecule has 3 aromatic carbocycles. The maximum absolute atomic E-state index is 13.4. The normalized spacial score (nSPS) is 11.7. The predicted molar refractivity (Wildman–Crippen MR) is 143 cm³/mol. The van der Waals surface area contributed by atoms with Crippen molar-refractivity contribution in [1.29, 1.82) is 0 Å². The molecule has 0 fully saturated rings. The molecule has 0 N–H and O–H groups in total. The summed E-state index contributed by atoms with van der Waals surface area (Å²) >= 11 is 13.5. The van der Waals surface area contributed by atoms with Gasteiger partial charge >= 0.3 is 0 Å². The maximum Gasteiger partial charge on any atom is 0.282 e. The average molecular weight is 532 g/mol. The van der Waals surface area contributed by atoms with Crippen molar-refractivity contribution in [2.45, 2.75) is 9.99 Å². The van der Waals surface area contributed by atoms with Crippen molar-refractivity contribution in [2.24, 2.45) is 5.10 Å². The second-order valence-corrected chi connectivity index (χ2v) is 9.77. The van der Waals surface area contributed by atoms with Gasteiger partial charge in [0.2, 0.25) is 5.82 Å². The number of hydrogen-bond acceptors (Lipinski definition) is 6. The van der Waals surface area contributed by atoms with E-state index in [0.29, 0.717) is 43.1 Å². The Morgan fingerprint density at radius 3 is 2.56 bits per heavy atom. The first-order valence-corrected chi connectivity index (χ1v) is 12.4. The van der Waals surface area contributed by atoms with Gasteiger partial charge in [0.05, 0.1) is 17.1 Å². The zero-order valence-electron chi connectivity index (χ0n) is 18.4. The van der Waals surface area contributed by atoms with E-state index in [1.165, 1.54) is 22.7 Å². The van der Waals surface area contributed by atoms with E-state index in [2.05, 4.69) is 10.1 Å². The third kappa shape index (κ3) is 4.44. The van der Waals surface area contributed by atoms with Gasteiger partial charge in [-0.1, -0.05) is 47.1 Å². The lowest BCUT2D eigenvalue weighted by atomic mass is 10.2. The lowest BCUT2D eigenvalue weighted by Gasteiger charge is -2.06. The highest BCUT2D eigenvalue weighted by Gasteiger charge is 2.17. The molecule has 0 radical (unpaired) electrons. The van der Waals surface area contributed by atoms with E-state index in [9.17, 15) is 4.79 Å². The minimum Gasteiger partial charge on any atom is -0.453 e. The van der Waals surface area contributed by atoms with Crippen LogP contribution in [0, 0.1) is 0 Å². The quantitative estimate of drug-likeness (QED) is 0.212. The van der Waals surface area contributed by atoms with Crippen LogP contribution >= 0.6 is 35.0 Å². The molecular weight excluding hydrogens is 517 g/mol. The van der Waals surface area contributed by atoms with Crippen LogP contribution in [-0.2, 0) is 0 Å². The molecule has 3 heterocycles. The Morgan fingerprint density at radius 1 is 0.889 bits per heavy atom. The highest BCUT2D eigenvalue weighted by molar-refractivity contribution is 7.99. The van der Waals surface area contributed by atoms with Crippen LogP contribution < -0.4 is 5.56 Å². The van der Waals surface area contributed by atoms with Crippen molar-refractivity contribution in [3.63, 3.8) is 0 Å². The number of halogens is 2. The summed E-state index contributed by atoms with van der Waals surface area (Å²) in [4.78, 5) is 19.1. The van der Waals surface area contributed by atoms with Gasteiger partial charge in [-0.25, -0.2) is 4.98 Å². The van der Waals surface area contributed by atoms with E-state index in [-0.39, 0.29) is 11.4 Å². The molecule has 0 spiro atoms. The van der Waals surface area contributed by atoms with E-state index in [4.69, 9.17) is 32.0 Å². The minimum atomic E-state index is -0.326. The monoisotopic (exact) mass is 531 g/mol. The van der Waals surface area contributed by atoms with Gasteiger partial charge in [-0.2, -0.15) is 9.78 Å². The molecule has 0 aliphatic carbocycles. The molecule has 9 heteroatoms. The SMILES string of the molecule is O=c1c2ccccc2nc(-c2cc3cc(Cl)ccc3o2)n1N=Cc1ccc(Sc2ccc(Cl)cc2)o1. The van der Waals surface area contributed by atoms with Crippen molar-refractivity contribution in [2.75, 3.05) is 0 Å². The molecule has 0 bridgehead atoms. The first-order valence-electron chi connectivity index (χ1n) is 10.8. The molecule has 0 saturated heterocycles. The zero-order valence-corrected chi connectivity index (χ0v) is 20.7. The van der Waals surface area contributed by atoms with Gasteiger partial charge in [0.25, 0.3) is 5.56 Å². The molecular formula is C27H15Cl2N3O3S. The first-order chi connectivity index (χ1) is 17.5. The Kier molecular flexibility index (Phi) is 5.89. The van der Waals surface area contributed by atoms with Crippen molar-refractivity contribution in [1.82, 2.24) is 9.66 Å². The Bertz CT molecular complexity index is 1820. The third-order valence-electron chi connectivity index (χ3n) is 5.39. The highest BCUT2D eigenvalue weighted by Crippen LogP contribution is 2.31. The topological polar surface area (TPSA) is 73.5 Å². The van der Waals surface area contributed by atoms with Crippen molar-refractivity contribution < 1.29 is 8.83 Å². The third-order valence-corrected chi connectivity index (χ3v) is 6.80. The van der Waals surface area contributed by atoms with Gasteiger partial charge in [-0.15, -0.1) is 0 Å². The molecule has 6 rings (SSSR count). The molecule has 176 valence electrons. The van der Waals surface area contributed by atoms with Gasteiger partial charge < -0.3 is 8.83 Å². The zero-order chi connectivity index (χ0) is 24.6. The second kappa shape index (κ2) is 9.35. The van der Waals surface area contributed by atoms with E-state index in [0.717, 1.165) is 10.3 Å². The molecule has 36 heavy (non-hydrogen) atoms. The molecule has 3 aromatic heterocycles. The Morgan fingerprint density at radius 2 is 1.69 bits per heavy atom. The van der Waals surface area contributed by atoms with E-state index >= 15 is 0 Å². The summed E-state index contributed by atoms with van der Waals surface area (Å²) in [7, 11) is 0. The largest absolute Gasteiger partial charge is 0.453 e. The first kappa shape index (κ1) is 22.7. The summed E-state index contributed by atoms with van der Waals surface area (Å²) in [5.41, 5.74) is 0.844. The van der Waals surface area contributed by atoms with Crippen LogP contribution in [0.5, 0.6) is 0 Å². The van der Waals surface area contributed by atoms with E-state index < -0.39 is 0 Å². The number of para-hydroxylation sites is 1. The van der Waals surface area contributed by atoms with Crippen molar-refractivity contribution in [3.05, 3.63) is 111 Å². The lowest BCUT2D eigenvalue weighted by molar-refractivity contribution is 0.468. The molecule has 6 nitrogen and oxygen atoms in total. The molecule has 0 atom stereocenters. The molecule has 0 aliphatic heterocycles. The fourth-order valence-corrected chi connectivity index (χ4v) is 4.79. The number of fused-ring (bicyclic) bond motifs is 2. The van der Waals surface area contributed by atoms with E-state index in [1.54, 1.807) is 48.5 Å². The van der Waals surface area contributed by atoms with E-state index in [1.807, 2.05) is 36.4 Å². The van der Waals surface area contributed by atoms with Crippen LogP contribution in [0.25, 0.3) is 33.5 Å². The van der Waals surface area contributed by atoms with Crippen molar-refractivity contribution in [3.8, 4) is 11.6 Å². The van der Waals surface area contributed by atoms with Gasteiger partial charge in [0.1, 0.15) is 11.3 Å². The van der Waals surface area contributed by atoms with Crippen LogP contribution in [0.1, 0.15) is 5.76 Å². The Hall–Kier alpha value is -3.78. The van der Waals surface area contributed by atoms with Crippen LogP contribution in [0.15, 0.2) is 114 Å². The van der Waals surface area contributed by atoms with Gasteiger partial charge in [-0.05, 0) is 72.8 Å². The van der Waals surface area contributed by atoms with Gasteiger partial charge in [-0.3, -0.25) is 4.79 Å². The van der Waals surface area contributed by atoms with Crippen LogP contribution in [0.4, 0.5) is 0 Å². The number of aromatic nitrogens is 2. The fraction of sp³-hybridized carbons (Fsp3) is 0. The van der Waals surface area contributed by atoms with Gasteiger partial charge in [0.15, 0.2) is 10.9 Å². The summed E-state index contributed by atoms with van der Waals surface area (Å²) in [5.74, 6) is 1.14. The number of hydrogen-bond donors (Lipinski definition) is 0. The molecule has 0 amide bonds. The molecule has 0 aliphatic rings. The number of benzene rings is 3. The lowest BCUT2D eigenvalue weighted by Crippen LogP contribution is -2.20. The number of rotatable bonds is 5. The maximum atomic E-state index is 13.4. The molecule has 6 aromatic rings. The Labute approximate surface area is 218 Å². The van der Waals surface area contributed by atoms with Crippen molar-refractivity contribution >= 4 is 63.1 Å². The number of furan rings is 2. The molecule has 0 unspecified atom stereocenters. The average Bonchev–Trinajstić information content (AvgIpc) is 3.51. The van der Waals surface area contributed by atoms with Crippen LogP contribution in [0.3, 0.4) is 0 Å². The summed E-state index contributed by atoms with van der Waals surface area (Å²) in [6.45, 7) is 0. The summed E-state index contributed by atoms with van der Waals surface area (Å²) in [6, 6.07) is 25.3. The summed E-state index contributed by atoms with van der Waals surface area (Å²) in [5, 5.41) is 7.60. The van der Waals surface area contributed by atoms with Crippen LogP contribution in [0.2, 0.25) is 10.0 Å². The fourth-order valence-electron chi connectivity index (χ4n) is 3.71. The van der Waals surface area contributed by atoms with Crippen LogP contribution in [-0.4, -0.2) is 15.9 Å².